The van der Waals surface area contributed by atoms with Crippen LogP contribution in [0.2, 0.25) is 0 Å². The van der Waals surface area contributed by atoms with E-state index in [0.29, 0.717) is 0 Å². The molecule has 0 amide bonds. The number of rotatable bonds is 6. The monoisotopic (exact) mass is 439 g/mol. The third-order valence-electron chi connectivity index (χ3n) is 6.25. The van der Waals surface area contributed by atoms with E-state index in [-0.39, 0.29) is 0 Å². The zero-order valence-electron chi connectivity index (χ0n) is 19.8. The predicted molar refractivity (Wildman–Crippen MR) is 145 cm³/mol. The van der Waals surface area contributed by atoms with Gasteiger partial charge in [-0.25, -0.2) is 0 Å². The topological polar surface area (TPSA) is 3.24 Å². The second-order valence-electron chi connectivity index (χ2n) is 8.91. The molecular weight excluding hydrogens is 410 g/mol. The van der Waals surface area contributed by atoms with Crippen molar-refractivity contribution in [3.8, 4) is 11.1 Å². The normalized spacial score (nSPS) is 10.8. The van der Waals surface area contributed by atoms with Gasteiger partial charge < -0.3 is 4.90 Å². The summed E-state index contributed by atoms with van der Waals surface area (Å²) in [5, 5.41) is 0. The zero-order valence-corrected chi connectivity index (χ0v) is 19.8. The lowest BCUT2D eigenvalue weighted by Crippen LogP contribution is -2.09. The van der Waals surface area contributed by atoms with Crippen molar-refractivity contribution >= 4 is 17.1 Å². The van der Waals surface area contributed by atoms with Gasteiger partial charge >= 0.3 is 0 Å². The second kappa shape index (κ2) is 9.80. The molecule has 0 aliphatic heterocycles. The molecule has 34 heavy (non-hydrogen) atoms. The van der Waals surface area contributed by atoms with Crippen LogP contribution in [0, 0.1) is 13.8 Å². The standard InChI is InChI=1S/C33H29N/c1-25-8-18-31(19-9-25)34(32-20-10-26(2)11-21-32)33-22-16-30(17-23-33)29-14-12-28(13-15-29)24-27-6-4-3-5-7-27/h3-23H,24H2,1-2H3. The lowest BCUT2D eigenvalue weighted by molar-refractivity contribution is 1.19. The van der Waals surface area contributed by atoms with Gasteiger partial charge in [0, 0.05) is 17.1 Å². The van der Waals surface area contributed by atoms with Gasteiger partial charge in [0.15, 0.2) is 0 Å². The minimum absolute atomic E-state index is 0.960. The Bertz CT molecular complexity index is 1290. The lowest BCUT2D eigenvalue weighted by atomic mass is 10.00. The summed E-state index contributed by atoms with van der Waals surface area (Å²) >= 11 is 0. The number of nitrogens with zero attached hydrogens (tertiary/aromatic N) is 1. The molecule has 0 aliphatic carbocycles. The highest BCUT2D eigenvalue weighted by atomic mass is 15.1. The first-order chi connectivity index (χ1) is 16.7. The van der Waals surface area contributed by atoms with E-state index >= 15 is 0 Å². The van der Waals surface area contributed by atoms with Gasteiger partial charge in [0.05, 0.1) is 0 Å². The van der Waals surface area contributed by atoms with Crippen molar-refractivity contribution in [1.82, 2.24) is 0 Å². The molecule has 5 rings (SSSR count). The average Bonchev–Trinajstić information content (AvgIpc) is 2.88. The Labute approximate surface area is 203 Å². The molecule has 0 bridgehead atoms. The van der Waals surface area contributed by atoms with E-state index in [0.717, 1.165) is 23.5 Å². The van der Waals surface area contributed by atoms with Crippen molar-refractivity contribution < 1.29 is 0 Å². The quantitative estimate of drug-likeness (QED) is 0.255. The van der Waals surface area contributed by atoms with Crippen molar-refractivity contribution in [2.75, 3.05) is 4.90 Å². The van der Waals surface area contributed by atoms with Crippen LogP contribution >= 0.6 is 0 Å². The van der Waals surface area contributed by atoms with Crippen molar-refractivity contribution in [1.29, 1.82) is 0 Å². The van der Waals surface area contributed by atoms with Gasteiger partial charge in [-0.05, 0) is 78.9 Å². The highest BCUT2D eigenvalue weighted by Gasteiger charge is 2.12. The van der Waals surface area contributed by atoms with E-state index in [9.17, 15) is 0 Å². The van der Waals surface area contributed by atoms with Crippen LogP contribution in [-0.2, 0) is 6.42 Å². The highest BCUT2D eigenvalue weighted by Crippen LogP contribution is 2.35. The molecule has 0 unspecified atom stereocenters. The molecule has 0 spiro atoms. The van der Waals surface area contributed by atoms with Crippen molar-refractivity contribution in [2.24, 2.45) is 0 Å². The van der Waals surface area contributed by atoms with E-state index in [1.54, 1.807) is 0 Å². The van der Waals surface area contributed by atoms with Gasteiger partial charge in [0.2, 0.25) is 0 Å². The Morgan fingerprint density at radius 3 is 1.26 bits per heavy atom. The van der Waals surface area contributed by atoms with Crippen LogP contribution in [0.1, 0.15) is 22.3 Å². The Hall–Kier alpha value is -4.10. The van der Waals surface area contributed by atoms with E-state index in [1.165, 1.54) is 33.4 Å². The maximum Gasteiger partial charge on any atom is 0.0462 e. The molecule has 0 atom stereocenters. The van der Waals surface area contributed by atoms with Crippen LogP contribution in [0.25, 0.3) is 11.1 Å². The third kappa shape index (κ3) is 4.94. The molecule has 0 aromatic heterocycles. The fourth-order valence-corrected chi connectivity index (χ4v) is 4.28. The maximum absolute atomic E-state index is 2.31. The number of hydrogen-bond acceptors (Lipinski definition) is 1. The van der Waals surface area contributed by atoms with E-state index in [1.807, 2.05) is 0 Å². The molecule has 5 aromatic carbocycles. The molecule has 5 aromatic rings. The molecule has 0 radical (unpaired) electrons. The molecule has 0 fully saturated rings. The average molecular weight is 440 g/mol. The van der Waals surface area contributed by atoms with Gasteiger partial charge in [-0.15, -0.1) is 0 Å². The van der Waals surface area contributed by atoms with E-state index in [2.05, 4.69) is 146 Å². The van der Waals surface area contributed by atoms with Gasteiger partial charge in [-0.2, -0.15) is 0 Å². The molecule has 0 saturated carbocycles. The molecule has 1 heteroatoms. The van der Waals surface area contributed by atoms with Crippen molar-refractivity contribution in [3.05, 3.63) is 150 Å². The summed E-state index contributed by atoms with van der Waals surface area (Å²) in [5.74, 6) is 0. The third-order valence-corrected chi connectivity index (χ3v) is 6.25. The summed E-state index contributed by atoms with van der Waals surface area (Å²) in [7, 11) is 0. The summed E-state index contributed by atoms with van der Waals surface area (Å²) in [6, 6.07) is 45.9. The van der Waals surface area contributed by atoms with Gasteiger partial charge in [-0.3, -0.25) is 0 Å². The molecule has 166 valence electrons. The van der Waals surface area contributed by atoms with Gasteiger partial charge in [0.1, 0.15) is 0 Å². The number of hydrogen-bond donors (Lipinski definition) is 0. The van der Waals surface area contributed by atoms with E-state index in [4.69, 9.17) is 0 Å². The number of anilines is 3. The largest absolute Gasteiger partial charge is 0.311 e. The Morgan fingerprint density at radius 1 is 0.412 bits per heavy atom. The summed E-state index contributed by atoms with van der Waals surface area (Å²) in [6.07, 6.45) is 0.960. The SMILES string of the molecule is Cc1ccc(N(c2ccc(C)cc2)c2ccc(-c3ccc(Cc4ccccc4)cc3)cc2)cc1. The maximum atomic E-state index is 2.31. The lowest BCUT2D eigenvalue weighted by Gasteiger charge is -2.26. The van der Waals surface area contributed by atoms with Crippen LogP contribution in [0.4, 0.5) is 17.1 Å². The van der Waals surface area contributed by atoms with Gasteiger partial charge in [-0.1, -0.05) is 102 Å². The minimum Gasteiger partial charge on any atom is -0.311 e. The molecule has 1 nitrogen and oxygen atoms in total. The predicted octanol–water partition coefficient (Wildman–Crippen LogP) is 9.03. The zero-order chi connectivity index (χ0) is 23.3. The number of benzene rings is 5. The van der Waals surface area contributed by atoms with Gasteiger partial charge in [0.25, 0.3) is 0 Å². The summed E-state index contributed by atoms with van der Waals surface area (Å²) in [5.41, 5.74) is 11.1. The fraction of sp³-hybridized carbons (Fsp3) is 0.0909. The van der Waals surface area contributed by atoms with Crippen LogP contribution in [0.15, 0.2) is 127 Å². The molecular formula is C33H29N. The Balaban J connectivity index is 1.41. The van der Waals surface area contributed by atoms with Crippen LogP contribution in [0.5, 0.6) is 0 Å². The van der Waals surface area contributed by atoms with E-state index < -0.39 is 0 Å². The highest BCUT2D eigenvalue weighted by molar-refractivity contribution is 5.78. The minimum atomic E-state index is 0.960. The number of aryl methyl sites for hydroxylation is 2. The first-order valence-corrected chi connectivity index (χ1v) is 11.8. The van der Waals surface area contributed by atoms with Crippen LogP contribution < -0.4 is 4.90 Å². The fourth-order valence-electron chi connectivity index (χ4n) is 4.28. The summed E-state index contributed by atoms with van der Waals surface area (Å²) < 4.78 is 0. The summed E-state index contributed by atoms with van der Waals surface area (Å²) in [4.78, 5) is 2.31. The van der Waals surface area contributed by atoms with Crippen molar-refractivity contribution in [2.45, 2.75) is 20.3 Å². The Morgan fingerprint density at radius 2 is 0.794 bits per heavy atom. The first-order valence-electron chi connectivity index (χ1n) is 11.8. The van der Waals surface area contributed by atoms with Crippen molar-refractivity contribution in [3.63, 3.8) is 0 Å². The first kappa shape index (κ1) is 21.7. The second-order valence-corrected chi connectivity index (χ2v) is 8.91. The van der Waals surface area contributed by atoms with Crippen LogP contribution in [-0.4, -0.2) is 0 Å². The molecule has 0 aliphatic rings. The Kier molecular flexibility index (Phi) is 6.27. The molecule has 0 N–H and O–H groups in total. The summed E-state index contributed by atoms with van der Waals surface area (Å²) in [6.45, 7) is 4.25. The van der Waals surface area contributed by atoms with Crippen LogP contribution in [0.3, 0.4) is 0 Å². The molecule has 0 saturated heterocycles. The molecule has 0 heterocycles. The smallest absolute Gasteiger partial charge is 0.0462 e.